The molecule has 16 nitrogen and oxygen atoms in total. The molecule has 0 aliphatic carbocycles. The van der Waals surface area contributed by atoms with Gasteiger partial charge in [-0.2, -0.15) is 0 Å². The highest BCUT2D eigenvalue weighted by atomic mass is 16.6. The summed E-state index contributed by atoms with van der Waals surface area (Å²) in [7, 11) is 1.47. The molecule has 0 aromatic heterocycles. The molecule has 6 N–H and O–H groups in total. The minimum Gasteiger partial charge on any atom is -0.507 e. The Hall–Kier alpha value is -7.36. The molecule has 268 valence electrons. The van der Waals surface area contributed by atoms with E-state index in [1.54, 1.807) is 18.2 Å². The fourth-order valence-corrected chi connectivity index (χ4v) is 4.96. The number of ketones is 1. The summed E-state index contributed by atoms with van der Waals surface area (Å²) >= 11 is 0. The van der Waals surface area contributed by atoms with E-state index in [2.05, 4.69) is 0 Å². The van der Waals surface area contributed by atoms with Gasteiger partial charge >= 0.3 is 23.9 Å². The van der Waals surface area contributed by atoms with E-state index in [-0.39, 0.29) is 51.4 Å². The van der Waals surface area contributed by atoms with Crippen LogP contribution in [0.15, 0.2) is 60.7 Å². The summed E-state index contributed by atoms with van der Waals surface area (Å²) in [6.45, 7) is 1.83. The molecular formula is C36H28O16. The van der Waals surface area contributed by atoms with Crippen molar-refractivity contribution in [2.24, 2.45) is 0 Å². The number of carbonyl (C=O) groups excluding carboxylic acids is 4. The number of phenols is 4. The first-order valence-electron chi connectivity index (χ1n) is 14.7. The lowest BCUT2D eigenvalue weighted by Crippen LogP contribution is -2.13. The van der Waals surface area contributed by atoms with Crippen molar-refractivity contribution in [2.45, 2.75) is 20.5 Å². The number of carbonyl (C=O) groups is 6. The van der Waals surface area contributed by atoms with Crippen LogP contribution in [0.1, 0.15) is 63.7 Å². The molecule has 0 fully saturated rings. The van der Waals surface area contributed by atoms with Gasteiger partial charge in [-0.3, -0.25) is 9.59 Å². The maximum Gasteiger partial charge on any atom is 0.347 e. The van der Waals surface area contributed by atoms with Crippen LogP contribution in [0.2, 0.25) is 0 Å². The average molecular weight is 717 g/mol. The summed E-state index contributed by atoms with van der Waals surface area (Å²) in [4.78, 5) is 70.8. The van der Waals surface area contributed by atoms with Crippen molar-refractivity contribution < 1.29 is 78.4 Å². The second-order valence-corrected chi connectivity index (χ2v) is 10.7. The molecule has 0 atom stereocenters. The minimum atomic E-state index is -1.60. The lowest BCUT2D eigenvalue weighted by atomic mass is 10.0. The van der Waals surface area contributed by atoms with Gasteiger partial charge in [0.25, 0.3) is 0 Å². The number of aromatic hydroxyl groups is 4. The Bertz CT molecular complexity index is 2180. The van der Waals surface area contributed by atoms with Crippen LogP contribution in [0.5, 0.6) is 46.0 Å². The van der Waals surface area contributed by atoms with E-state index in [0.29, 0.717) is 17.9 Å². The molecule has 4 aromatic carbocycles. The van der Waals surface area contributed by atoms with Gasteiger partial charge < -0.3 is 49.6 Å². The van der Waals surface area contributed by atoms with Gasteiger partial charge in [-0.1, -0.05) is 12.1 Å². The smallest absolute Gasteiger partial charge is 0.347 e. The number of esters is 2. The Morgan fingerprint density at radius 3 is 2.08 bits per heavy atom. The Labute approximate surface area is 292 Å². The standard InChI is InChI=1S/C22H16O12.C14H12O4/c1-8-5-12(24)10(6-23)19-15(8)22(31)34-20-11(7-32-14(27)4-3-13(25)26)17(28)16(21(29)30)9(2)18(20)33-19;1-18-9-6-7-11(13(16)8-9)14(17)10-4-2-3-5-12(10)15/h3-6,24,28H,7H2,1-2H3,(H,25,26)(H,29,30);2-8,15-16H,1H3. The zero-order valence-electron chi connectivity index (χ0n) is 27.3. The topological polar surface area (TPSA) is 261 Å². The van der Waals surface area contributed by atoms with Crippen LogP contribution < -0.4 is 14.2 Å². The van der Waals surface area contributed by atoms with E-state index in [4.69, 9.17) is 24.1 Å². The number of carboxylic acids is 2. The molecule has 5 rings (SSSR count). The van der Waals surface area contributed by atoms with Crippen molar-refractivity contribution in [3.63, 3.8) is 0 Å². The highest BCUT2D eigenvalue weighted by Gasteiger charge is 2.36. The molecule has 0 bridgehead atoms. The van der Waals surface area contributed by atoms with Gasteiger partial charge in [-0.05, 0) is 49.7 Å². The SMILES string of the molecule is COc1ccc(C(=O)c2ccccc2O)c(O)c1.Cc1cc(O)c(C=O)c2c1C(=O)Oc1c(COC(=O)C=CC(=O)O)c(O)c(C(=O)O)c(C)c1O2. The number of aryl methyl sites for hydroxylation is 1. The van der Waals surface area contributed by atoms with Crippen molar-refractivity contribution in [2.75, 3.05) is 7.11 Å². The summed E-state index contributed by atoms with van der Waals surface area (Å²) in [6, 6.07) is 11.7. The number of benzene rings is 4. The molecule has 0 saturated carbocycles. The number of phenolic OH excluding ortho intramolecular Hbond substituents is 3. The number of fused-ring (bicyclic) bond motifs is 2. The Kier molecular flexibility index (Phi) is 11.1. The molecule has 1 heterocycles. The number of aliphatic carboxylic acids is 1. The summed E-state index contributed by atoms with van der Waals surface area (Å²) in [5, 5.41) is 58.3. The number of ether oxygens (including phenoxy) is 4. The minimum absolute atomic E-state index is 0.113. The number of carboxylic acid groups (broad SMARTS) is 2. The number of rotatable bonds is 9. The molecule has 0 saturated heterocycles. The van der Waals surface area contributed by atoms with E-state index in [1.807, 2.05) is 0 Å². The zero-order chi connectivity index (χ0) is 38.4. The first kappa shape index (κ1) is 37.5. The molecule has 0 amide bonds. The normalized spacial score (nSPS) is 11.4. The van der Waals surface area contributed by atoms with E-state index < -0.39 is 76.0 Å². The Morgan fingerprint density at radius 1 is 0.808 bits per heavy atom. The lowest BCUT2D eigenvalue weighted by Gasteiger charge is -2.18. The number of para-hydroxylation sites is 1. The molecule has 0 radical (unpaired) electrons. The number of hydrogen-bond acceptors (Lipinski definition) is 14. The van der Waals surface area contributed by atoms with Gasteiger partial charge in [0.05, 0.1) is 29.4 Å². The largest absolute Gasteiger partial charge is 0.507 e. The Balaban J connectivity index is 0.000000281. The van der Waals surface area contributed by atoms with E-state index in [1.165, 1.54) is 45.2 Å². The molecule has 0 unspecified atom stereocenters. The van der Waals surface area contributed by atoms with Crippen molar-refractivity contribution in [1.29, 1.82) is 0 Å². The molecule has 4 aromatic rings. The predicted molar refractivity (Wildman–Crippen MR) is 176 cm³/mol. The lowest BCUT2D eigenvalue weighted by molar-refractivity contribution is -0.139. The molecule has 52 heavy (non-hydrogen) atoms. The fraction of sp³-hybridized carbons (Fsp3) is 0.111. The highest BCUT2D eigenvalue weighted by Crippen LogP contribution is 2.50. The summed E-state index contributed by atoms with van der Waals surface area (Å²) in [6.07, 6.45) is 1.30. The summed E-state index contributed by atoms with van der Waals surface area (Å²) < 4.78 is 20.9. The number of aldehydes is 1. The van der Waals surface area contributed by atoms with Crippen LogP contribution in [0, 0.1) is 13.8 Å². The number of methoxy groups -OCH3 is 1. The van der Waals surface area contributed by atoms with E-state index in [0.717, 1.165) is 6.07 Å². The quantitative estimate of drug-likeness (QED) is 0.0455. The highest BCUT2D eigenvalue weighted by molar-refractivity contribution is 6.12. The van der Waals surface area contributed by atoms with Crippen LogP contribution in [0.3, 0.4) is 0 Å². The van der Waals surface area contributed by atoms with Gasteiger partial charge in [0.15, 0.2) is 29.3 Å². The maximum absolute atomic E-state index is 12.9. The van der Waals surface area contributed by atoms with Crippen molar-refractivity contribution in [3.8, 4) is 46.0 Å². The third kappa shape index (κ3) is 7.60. The first-order chi connectivity index (χ1) is 24.6. The summed E-state index contributed by atoms with van der Waals surface area (Å²) in [5.74, 6) is -8.18. The Morgan fingerprint density at radius 2 is 1.48 bits per heavy atom. The van der Waals surface area contributed by atoms with Crippen LogP contribution in [-0.4, -0.2) is 73.7 Å². The van der Waals surface area contributed by atoms with Gasteiger partial charge in [0.1, 0.15) is 46.5 Å². The van der Waals surface area contributed by atoms with Crippen molar-refractivity contribution in [1.82, 2.24) is 0 Å². The molecule has 16 heteroatoms. The fourth-order valence-electron chi connectivity index (χ4n) is 4.96. The van der Waals surface area contributed by atoms with Crippen molar-refractivity contribution >= 4 is 35.9 Å². The van der Waals surface area contributed by atoms with Gasteiger partial charge in [0, 0.05) is 23.8 Å². The zero-order valence-corrected chi connectivity index (χ0v) is 27.3. The number of hydrogen-bond donors (Lipinski definition) is 6. The van der Waals surface area contributed by atoms with Gasteiger partial charge in [-0.25, -0.2) is 19.2 Å². The molecule has 1 aliphatic heterocycles. The van der Waals surface area contributed by atoms with E-state index in [9.17, 15) is 54.3 Å². The summed E-state index contributed by atoms with van der Waals surface area (Å²) in [5.41, 5.74) is -1.53. The predicted octanol–water partition coefficient (Wildman–Crippen LogP) is 4.57. The van der Waals surface area contributed by atoms with Crippen LogP contribution in [0.25, 0.3) is 0 Å². The van der Waals surface area contributed by atoms with Crippen LogP contribution in [-0.2, 0) is 20.9 Å². The molecule has 0 spiro atoms. The van der Waals surface area contributed by atoms with Crippen molar-refractivity contribution in [3.05, 3.63) is 105 Å². The molecular weight excluding hydrogens is 688 g/mol. The average Bonchev–Trinajstić information content (AvgIpc) is 3.24. The number of aromatic carboxylic acids is 1. The molecule has 1 aliphatic rings. The first-order valence-corrected chi connectivity index (χ1v) is 14.7. The van der Waals surface area contributed by atoms with Crippen LogP contribution >= 0.6 is 0 Å². The van der Waals surface area contributed by atoms with Gasteiger partial charge in [0.2, 0.25) is 0 Å². The third-order valence-electron chi connectivity index (χ3n) is 7.47. The second-order valence-electron chi connectivity index (χ2n) is 10.7. The third-order valence-corrected chi connectivity index (χ3v) is 7.47. The second kappa shape index (κ2) is 15.5. The monoisotopic (exact) mass is 716 g/mol. The van der Waals surface area contributed by atoms with Crippen LogP contribution in [0.4, 0.5) is 0 Å². The maximum atomic E-state index is 12.9. The van der Waals surface area contributed by atoms with E-state index >= 15 is 0 Å². The van der Waals surface area contributed by atoms with Gasteiger partial charge in [-0.15, -0.1) is 0 Å².